The van der Waals surface area contributed by atoms with Gasteiger partial charge in [0.25, 0.3) is 0 Å². The summed E-state index contributed by atoms with van der Waals surface area (Å²) in [5.74, 6) is -1.40. The summed E-state index contributed by atoms with van der Waals surface area (Å²) < 4.78 is 0. The highest BCUT2D eigenvalue weighted by Crippen LogP contribution is 2.35. The van der Waals surface area contributed by atoms with Crippen molar-refractivity contribution >= 4 is 29.2 Å². The van der Waals surface area contributed by atoms with Crippen molar-refractivity contribution < 1.29 is 19.8 Å². The monoisotopic (exact) mass is 307 g/mol. The Morgan fingerprint density at radius 1 is 1.43 bits per heavy atom. The van der Waals surface area contributed by atoms with E-state index in [1.165, 1.54) is 12.4 Å². The summed E-state index contributed by atoms with van der Waals surface area (Å²) in [4.78, 5) is 28.7. The maximum absolute atomic E-state index is 11.4. The second kappa shape index (κ2) is 4.87. The molecule has 21 heavy (non-hydrogen) atoms. The number of hydrogen-bond acceptors (Lipinski definition) is 4. The van der Waals surface area contributed by atoms with E-state index in [9.17, 15) is 14.7 Å². The lowest BCUT2D eigenvalue weighted by molar-refractivity contribution is -0.115. The highest BCUT2D eigenvalue weighted by molar-refractivity contribution is 6.32. The van der Waals surface area contributed by atoms with Gasteiger partial charge < -0.3 is 20.5 Å². The first kappa shape index (κ1) is 13.6. The second-order valence-electron chi connectivity index (χ2n) is 4.63. The van der Waals surface area contributed by atoms with Crippen molar-refractivity contribution in [1.29, 1.82) is 0 Å². The van der Waals surface area contributed by atoms with Gasteiger partial charge in [0.15, 0.2) is 5.69 Å². The van der Waals surface area contributed by atoms with Crippen LogP contribution in [0.15, 0.2) is 18.5 Å². The molecule has 0 spiro atoms. The van der Waals surface area contributed by atoms with Crippen LogP contribution in [0.25, 0.3) is 0 Å². The fourth-order valence-electron chi connectivity index (χ4n) is 2.32. The molecule has 8 heteroatoms. The Kier molecular flexibility index (Phi) is 3.15. The summed E-state index contributed by atoms with van der Waals surface area (Å²) in [5, 5.41) is 22.3. The first-order valence-electron chi connectivity index (χ1n) is 6.04. The topological polar surface area (TPSA) is 115 Å². The number of H-pyrrole nitrogens is 1. The van der Waals surface area contributed by atoms with Crippen molar-refractivity contribution in [2.45, 2.75) is 12.5 Å². The molecule has 1 amide bonds. The van der Waals surface area contributed by atoms with Crippen LogP contribution in [0, 0.1) is 0 Å². The van der Waals surface area contributed by atoms with Gasteiger partial charge in [0.1, 0.15) is 6.10 Å². The van der Waals surface area contributed by atoms with E-state index >= 15 is 0 Å². The van der Waals surface area contributed by atoms with Gasteiger partial charge in [-0.25, -0.2) is 9.78 Å². The average molecular weight is 308 g/mol. The molecule has 3 rings (SSSR count). The number of imidazole rings is 1. The van der Waals surface area contributed by atoms with Gasteiger partial charge in [-0.15, -0.1) is 0 Å². The molecule has 1 atom stereocenters. The Hall–Kier alpha value is -2.38. The molecule has 7 nitrogen and oxygen atoms in total. The zero-order valence-corrected chi connectivity index (χ0v) is 11.3. The number of aromatic nitrogens is 2. The molecule has 2 heterocycles. The normalized spacial score (nSPS) is 14.7. The van der Waals surface area contributed by atoms with Gasteiger partial charge in [0.2, 0.25) is 5.91 Å². The molecule has 0 saturated carbocycles. The van der Waals surface area contributed by atoms with Gasteiger partial charge in [-0.1, -0.05) is 11.6 Å². The molecule has 1 aliphatic heterocycles. The molecule has 1 aromatic heterocycles. The fraction of sp³-hybridized carbons (Fsp3) is 0.154. The molecule has 0 radical (unpaired) electrons. The van der Waals surface area contributed by atoms with Crippen molar-refractivity contribution in [3.05, 3.63) is 46.0 Å². The number of fused-ring (bicyclic) bond motifs is 1. The molecule has 1 aromatic carbocycles. The number of aromatic carboxylic acids is 1. The predicted molar refractivity (Wildman–Crippen MR) is 73.4 cm³/mol. The number of aromatic amines is 1. The van der Waals surface area contributed by atoms with Crippen molar-refractivity contribution in [3.63, 3.8) is 0 Å². The van der Waals surface area contributed by atoms with Gasteiger partial charge in [-0.2, -0.15) is 0 Å². The molecule has 4 N–H and O–H groups in total. The summed E-state index contributed by atoms with van der Waals surface area (Å²) in [6.07, 6.45) is 0.113. The maximum atomic E-state index is 11.4. The third kappa shape index (κ3) is 2.26. The minimum Gasteiger partial charge on any atom is -0.476 e. The number of nitrogens with one attached hydrogen (secondary N) is 2. The van der Waals surface area contributed by atoms with Crippen LogP contribution in [0.3, 0.4) is 0 Å². The average Bonchev–Trinajstić information content (AvgIpc) is 3.02. The van der Waals surface area contributed by atoms with E-state index in [2.05, 4.69) is 15.3 Å². The van der Waals surface area contributed by atoms with Crippen molar-refractivity contribution in [2.24, 2.45) is 0 Å². The quantitative estimate of drug-likeness (QED) is 0.683. The number of halogens is 1. The van der Waals surface area contributed by atoms with Crippen LogP contribution in [0.4, 0.5) is 5.69 Å². The number of nitrogens with zero attached hydrogens (tertiary/aromatic N) is 1. The number of carboxylic acid groups (broad SMARTS) is 1. The number of carbonyl (C=O) groups is 2. The van der Waals surface area contributed by atoms with E-state index in [1.807, 2.05) is 0 Å². The minimum absolute atomic E-state index is 0.0432. The number of anilines is 1. The number of amides is 1. The van der Waals surface area contributed by atoms with Crippen LogP contribution in [0.1, 0.15) is 33.4 Å². The number of hydrogen-bond donors (Lipinski definition) is 4. The van der Waals surface area contributed by atoms with Crippen molar-refractivity contribution in [3.8, 4) is 0 Å². The van der Waals surface area contributed by atoms with Crippen LogP contribution >= 0.6 is 11.6 Å². The summed E-state index contributed by atoms with van der Waals surface area (Å²) in [6.45, 7) is 0. The molecule has 0 fully saturated rings. The van der Waals surface area contributed by atoms with E-state index in [4.69, 9.17) is 16.7 Å². The summed E-state index contributed by atoms with van der Waals surface area (Å²) in [7, 11) is 0. The highest BCUT2D eigenvalue weighted by atomic mass is 35.5. The van der Waals surface area contributed by atoms with Gasteiger partial charge in [0, 0.05) is 16.3 Å². The lowest BCUT2D eigenvalue weighted by Crippen LogP contribution is -2.09. The minimum atomic E-state index is -1.27. The van der Waals surface area contributed by atoms with Crippen LogP contribution in [0.5, 0.6) is 0 Å². The van der Waals surface area contributed by atoms with Gasteiger partial charge >= 0.3 is 5.97 Å². The zero-order valence-electron chi connectivity index (χ0n) is 10.6. The fourth-order valence-corrected chi connectivity index (χ4v) is 2.58. The molecule has 0 bridgehead atoms. The summed E-state index contributed by atoms with van der Waals surface area (Å²) >= 11 is 6.11. The Balaban J connectivity index is 2.04. The van der Waals surface area contributed by atoms with Crippen LogP contribution in [0.2, 0.25) is 5.02 Å². The lowest BCUT2D eigenvalue weighted by atomic mass is 10.0. The largest absolute Gasteiger partial charge is 0.476 e. The van der Waals surface area contributed by atoms with E-state index in [0.717, 1.165) is 0 Å². The maximum Gasteiger partial charge on any atom is 0.356 e. The van der Waals surface area contributed by atoms with E-state index < -0.39 is 12.1 Å². The van der Waals surface area contributed by atoms with Crippen molar-refractivity contribution in [2.75, 3.05) is 5.32 Å². The number of benzene rings is 1. The molecule has 108 valence electrons. The Labute approximate surface area is 123 Å². The lowest BCUT2D eigenvalue weighted by Gasteiger charge is -2.13. The highest BCUT2D eigenvalue weighted by Gasteiger charge is 2.26. The van der Waals surface area contributed by atoms with Gasteiger partial charge in [-0.3, -0.25) is 4.79 Å². The van der Waals surface area contributed by atoms with Crippen LogP contribution in [-0.2, 0) is 11.2 Å². The number of carbonyl (C=O) groups excluding carboxylic acids is 1. The molecular weight excluding hydrogens is 298 g/mol. The number of aliphatic hydroxyl groups is 1. The molecule has 1 unspecified atom stereocenters. The zero-order chi connectivity index (χ0) is 15.1. The summed E-state index contributed by atoms with van der Waals surface area (Å²) in [6, 6.07) is 3.13. The number of carboxylic acids is 1. The molecule has 2 aromatic rings. The Morgan fingerprint density at radius 2 is 2.19 bits per heavy atom. The number of rotatable bonds is 3. The molecule has 0 saturated heterocycles. The molecule has 0 aliphatic carbocycles. The SMILES string of the molecule is O=C1Cc2cc(C(O)c3[nH]cnc3C(=O)O)c(Cl)cc2N1. The standard InChI is InChI=1S/C13H10ClN3O4/c14-7-3-8-5(2-9(18)17-8)1-6(7)12(19)10-11(13(20)21)16-4-15-10/h1,3-4,12,19H,2H2,(H,15,16)(H,17,18)(H,20,21). The van der Waals surface area contributed by atoms with Crippen LogP contribution in [-0.4, -0.2) is 32.1 Å². The summed E-state index contributed by atoms with van der Waals surface area (Å²) in [5.41, 5.74) is 1.40. The molecular formula is C13H10ClN3O4. The Bertz CT molecular complexity index is 756. The first-order chi connectivity index (χ1) is 9.97. The smallest absolute Gasteiger partial charge is 0.356 e. The van der Waals surface area contributed by atoms with E-state index in [0.29, 0.717) is 16.8 Å². The third-order valence-corrected chi connectivity index (χ3v) is 3.61. The van der Waals surface area contributed by atoms with E-state index in [-0.39, 0.29) is 28.7 Å². The predicted octanol–water partition coefficient (Wildman–Crippen LogP) is 1.34. The Morgan fingerprint density at radius 3 is 2.90 bits per heavy atom. The first-order valence-corrected chi connectivity index (χ1v) is 6.42. The number of aliphatic hydroxyl groups excluding tert-OH is 1. The molecule has 1 aliphatic rings. The second-order valence-corrected chi connectivity index (χ2v) is 5.04. The third-order valence-electron chi connectivity index (χ3n) is 3.29. The van der Waals surface area contributed by atoms with Gasteiger partial charge in [0.05, 0.1) is 18.4 Å². The van der Waals surface area contributed by atoms with E-state index in [1.54, 1.807) is 6.07 Å². The van der Waals surface area contributed by atoms with Crippen molar-refractivity contribution in [1.82, 2.24) is 9.97 Å². The van der Waals surface area contributed by atoms with Gasteiger partial charge in [-0.05, 0) is 17.7 Å². The van der Waals surface area contributed by atoms with Crippen LogP contribution < -0.4 is 5.32 Å².